The van der Waals surface area contributed by atoms with E-state index in [0.717, 1.165) is 31.2 Å². The number of ether oxygens (including phenoxy) is 1. The first-order valence-corrected chi connectivity index (χ1v) is 11.8. The first-order chi connectivity index (χ1) is 14.0. The Morgan fingerprint density at radius 2 is 2.03 bits per heavy atom. The van der Waals surface area contributed by atoms with Gasteiger partial charge in [0.05, 0.1) is 17.4 Å². The van der Waals surface area contributed by atoms with Crippen molar-refractivity contribution in [3.8, 4) is 6.07 Å². The van der Waals surface area contributed by atoms with Crippen molar-refractivity contribution in [2.75, 3.05) is 17.2 Å². The van der Waals surface area contributed by atoms with E-state index in [-0.39, 0.29) is 12.5 Å². The van der Waals surface area contributed by atoms with Crippen LogP contribution in [-0.4, -0.2) is 34.1 Å². The van der Waals surface area contributed by atoms with Gasteiger partial charge < -0.3 is 10.1 Å². The highest BCUT2D eigenvalue weighted by atomic mass is 32.2. The van der Waals surface area contributed by atoms with Gasteiger partial charge in [0.2, 0.25) is 11.0 Å². The van der Waals surface area contributed by atoms with Gasteiger partial charge >= 0.3 is 6.09 Å². The number of carbonyl (C=O) groups is 2. The second-order valence-corrected chi connectivity index (χ2v) is 10.0. The van der Waals surface area contributed by atoms with Crippen LogP contribution in [-0.2, 0) is 22.4 Å². The van der Waals surface area contributed by atoms with Crippen LogP contribution in [0.2, 0.25) is 0 Å². The number of nitrogens with one attached hydrogen (secondary N) is 2. The summed E-state index contributed by atoms with van der Waals surface area (Å²) in [4.78, 5) is 25.3. The second kappa shape index (κ2) is 10.0. The number of fused-ring (bicyclic) bond motifs is 1. The van der Waals surface area contributed by atoms with Crippen LogP contribution in [0.1, 0.15) is 49.1 Å². The van der Waals surface area contributed by atoms with Crippen molar-refractivity contribution in [1.82, 2.24) is 10.2 Å². The highest BCUT2D eigenvalue weighted by Crippen LogP contribution is 2.37. The average Bonchev–Trinajstić information content (AvgIpc) is 3.17. The first-order valence-electron chi connectivity index (χ1n) is 9.31. The lowest BCUT2D eigenvalue weighted by Gasteiger charge is -2.09. The van der Waals surface area contributed by atoms with Crippen molar-refractivity contribution in [3.05, 3.63) is 16.0 Å². The SMILES string of the molecule is CCOC(=O)Nc1nnc(SC(C)C(=O)Nc2sc3c(c2C#N)CCCCC3)s1. The molecule has 1 aliphatic carbocycles. The Morgan fingerprint density at radius 1 is 1.24 bits per heavy atom. The number of hydrogen-bond acceptors (Lipinski definition) is 9. The van der Waals surface area contributed by atoms with E-state index in [4.69, 9.17) is 4.74 Å². The van der Waals surface area contributed by atoms with Crippen molar-refractivity contribution in [2.24, 2.45) is 0 Å². The van der Waals surface area contributed by atoms with Crippen LogP contribution >= 0.6 is 34.4 Å². The third-order valence-corrected chi connectivity index (χ3v) is 7.54. The Hall–Kier alpha value is -2.16. The molecule has 0 aliphatic heterocycles. The topological polar surface area (TPSA) is 117 Å². The van der Waals surface area contributed by atoms with E-state index in [1.54, 1.807) is 13.8 Å². The minimum absolute atomic E-state index is 0.196. The second-order valence-electron chi connectivity index (χ2n) is 6.35. The lowest BCUT2D eigenvalue weighted by atomic mass is 10.1. The van der Waals surface area contributed by atoms with Crippen molar-refractivity contribution < 1.29 is 14.3 Å². The molecule has 1 aliphatic rings. The summed E-state index contributed by atoms with van der Waals surface area (Å²) in [5, 5.41) is 23.4. The molecule has 154 valence electrons. The van der Waals surface area contributed by atoms with Crippen LogP contribution in [0.3, 0.4) is 0 Å². The summed E-state index contributed by atoms with van der Waals surface area (Å²) in [6, 6.07) is 2.27. The van der Waals surface area contributed by atoms with E-state index in [1.807, 2.05) is 0 Å². The molecule has 0 radical (unpaired) electrons. The van der Waals surface area contributed by atoms with E-state index in [2.05, 4.69) is 26.9 Å². The number of nitrogens with zero attached hydrogens (tertiary/aromatic N) is 3. The third kappa shape index (κ3) is 5.46. The van der Waals surface area contributed by atoms with E-state index in [1.165, 1.54) is 45.7 Å². The highest BCUT2D eigenvalue weighted by Gasteiger charge is 2.24. The summed E-state index contributed by atoms with van der Waals surface area (Å²) in [5.74, 6) is -0.196. The van der Waals surface area contributed by atoms with Crippen molar-refractivity contribution in [2.45, 2.75) is 55.5 Å². The Morgan fingerprint density at radius 3 is 2.79 bits per heavy atom. The van der Waals surface area contributed by atoms with Gasteiger partial charge in [0.1, 0.15) is 11.1 Å². The minimum Gasteiger partial charge on any atom is -0.450 e. The molecule has 1 unspecified atom stereocenters. The number of aromatic nitrogens is 2. The number of aryl methyl sites for hydroxylation is 1. The van der Waals surface area contributed by atoms with Gasteiger partial charge in [-0.2, -0.15) is 5.26 Å². The molecule has 2 N–H and O–H groups in total. The molecule has 2 aromatic heterocycles. The Balaban J connectivity index is 1.62. The fraction of sp³-hybridized carbons (Fsp3) is 0.500. The molecule has 0 saturated heterocycles. The zero-order valence-electron chi connectivity index (χ0n) is 16.1. The van der Waals surface area contributed by atoms with Crippen LogP contribution in [0.15, 0.2) is 4.34 Å². The minimum atomic E-state index is -0.590. The maximum atomic E-state index is 12.7. The first kappa shape index (κ1) is 21.5. The predicted molar refractivity (Wildman–Crippen MR) is 115 cm³/mol. The molecule has 11 heteroatoms. The molecule has 0 spiro atoms. The number of thiophene rings is 1. The van der Waals surface area contributed by atoms with Gasteiger partial charge in [-0.15, -0.1) is 21.5 Å². The monoisotopic (exact) mass is 451 g/mol. The molecule has 0 saturated carbocycles. The van der Waals surface area contributed by atoms with E-state index in [0.29, 0.717) is 20.0 Å². The fourth-order valence-electron chi connectivity index (χ4n) is 2.93. The summed E-state index contributed by atoms with van der Waals surface area (Å²) < 4.78 is 5.35. The average molecular weight is 452 g/mol. The molecule has 3 rings (SSSR count). The number of amides is 2. The summed E-state index contributed by atoms with van der Waals surface area (Å²) in [6.07, 6.45) is 4.66. The van der Waals surface area contributed by atoms with Gasteiger partial charge in [-0.25, -0.2) is 4.79 Å². The molecule has 1 atom stereocenters. The number of nitriles is 1. The number of rotatable bonds is 6. The van der Waals surface area contributed by atoms with Crippen LogP contribution < -0.4 is 10.6 Å². The standard InChI is InChI=1S/C18H21N5O3S3/c1-3-26-17(25)21-16-22-23-18(29-16)27-10(2)14(24)20-15-12(9-19)11-7-5-4-6-8-13(11)28-15/h10H,3-8H2,1-2H3,(H,20,24)(H,21,22,25). The third-order valence-electron chi connectivity index (χ3n) is 4.31. The van der Waals surface area contributed by atoms with Gasteiger partial charge in [-0.1, -0.05) is 29.5 Å². The molecule has 2 aromatic rings. The lowest BCUT2D eigenvalue weighted by molar-refractivity contribution is -0.115. The summed E-state index contributed by atoms with van der Waals surface area (Å²) in [7, 11) is 0. The van der Waals surface area contributed by atoms with Gasteiger partial charge in [-0.05, 0) is 45.1 Å². The molecular weight excluding hydrogens is 430 g/mol. The quantitative estimate of drug-likeness (QED) is 0.379. The van der Waals surface area contributed by atoms with Crippen LogP contribution in [0.25, 0.3) is 0 Å². The van der Waals surface area contributed by atoms with E-state index >= 15 is 0 Å². The maximum Gasteiger partial charge on any atom is 0.413 e. The van der Waals surface area contributed by atoms with Crippen LogP contribution in [0, 0.1) is 11.3 Å². The molecule has 2 heterocycles. The smallest absolute Gasteiger partial charge is 0.413 e. The zero-order chi connectivity index (χ0) is 20.8. The molecule has 29 heavy (non-hydrogen) atoms. The zero-order valence-corrected chi connectivity index (χ0v) is 18.6. The maximum absolute atomic E-state index is 12.7. The number of thioether (sulfide) groups is 1. The Kier molecular flexibility index (Phi) is 7.46. The van der Waals surface area contributed by atoms with Gasteiger partial charge in [0.25, 0.3) is 0 Å². The lowest BCUT2D eigenvalue weighted by Crippen LogP contribution is -2.22. The molecule has 2 amide bonds. The van der Waals surface area contributed by atoms with Crippen molar-refractivity contribution in [3.63, 3.8) is 0 Å². The van der Waals surface area contributed by atoms with Gasteiger partial charge in [-0.3, -0.25) is 10.1 Å². The summed E-state index contributed by atoms with van der Waals surface area (Å²) in [6.45, 7) is 3.75. The molecule has 0 aromatic carbocycles. The number of hydrogen-bond donors (Lipinski definition) is 2. The molecule has 8 nitrogen and oxygen atoms in total. The normalized spacial score (nSPS) is 14.2. The van der Waals surface area contributed by atoms with E-state index < -0.39 is 11.3 Å². The van der Waals surface area contributed by atoms with Crippen molar-refractivity contribution in [1.29, 1.82) is 5.26 Å². The van der Waals surface area contributed by atoms with E-state index in [9.17, 15) is 14.9 Å². The largest absolute Gasteiger partial charge is 0.450 e. The predicted octanol–water partition coefficient (Wildman–Crippen LogP) is 4.43. The molecular formula is C18H21N5O3S3. The Bertz CT molecular complexity index is 934. The molecule has 0 bridgehead atoms. The highest BCUT2D eigenvalue weighted by molar-refractivity contribution is 8.02. The molecule has 0 fully saturated rings. The number of carbonyl (C=O) groups excluding carboxylic acids is 2. The fourth-order valence-corrected chi connectivity index (χ4v) is 6.05. The van der Waals surface area contributed by atoms with Crippen LogP contribution in [0.4, 0.5) is 14.9 Å². The van der Waals surface area contributed by atoms with Crippen molar-refractivity contribution >= 4 is 56.6 Å². The summed E-state index contributed by atoms with van der Waals surface area (Å²) >= 11 is 3.93. The summed E-state index contributed by atoms with van der Waals surface area (Å²) in [5.41, 5.74) is 1.71. The van der Waals surface area contributed by atoms with Crippen LogP contribution in [0.5, 0.6) is 0 Å². The number of anilines is 2. The van der Waals surface area contributed by atoms with Gasteiger partial charge in [0.15, 0.2) is 4.34 Å². The van der Waals surface area contributed by atoms with Gasteiger partial charge in [0, 0.05) is 4.88 Å². The Labute approximate surface area is 181 Å².